The van der Waals surface area contributed by atoms with Gasteiger partial charge >= 0.3 is 0 Å². The third-order valence-corrected chi connectivity index (χ3v) is 6.80. The second kappa shape index (κ2) is 7.71. The SMILES string of the molecule is O=C(c1ccc(NS(=O)(=O)c2cc(Cl)ccc2Cl)cc1)N1CCc2ccccc21. The molecule has 3 aromatic rings. The highest BCUT2D eigenvalue weighted by atomic mass is 35.5. The van der Waals surface area contributed by atoms with Gasteiger partial charge in [0.1, 0.15) is 4.90 Å². The van der Waals surface area contributed by atoms with E-state index in [0.717, 1.165) is 17.7 Å². The molecule has 0 unspecified atom stereocenters. The molecular formula is C21H16Cl2N2O3S. The molecule has 5 nitrogen and oxygen atoms in total. The average Bonchev–Trinajstić information content (AvgIpc) is 3.13. The quantitative estimate of drug-likeness (QED) is 0.613. The van der Waals surface area contributed by atoms with Gasteiger partial charge in [-0.2, -0.15) is 0 Å². The van der Waals surface area contributed by atoms with E-state index >= 15 is 0 Å². The summed E-state index contributed by atoms with van der Waals surface area (Å²) in [5, 5.41) is 0.336. The predicted molar refractivity (Wildman–Crippen MR) is 116 cm³/mol. The van der Waals surface area contributed by atoms with Crippen LogP contribution < -0.4 is 9.62 Å². The first-order chi connectivity index (χ1) is 13.8. The van der Waals surface area contributed by atoms with Crippen molar-refractivity contribution in [2.45, 2.75) is 11.3 Å². The molecule has 0 bridgehead atoms. The van der Waals surface area contributed by atoms with Crippen LogP contribution >= 0.6 is 23.2 Å². The van der Waals surface area contributed by atoms with Gasteiger partial charge in [-0.05, 0) is 60.5 Å². The Morgan fingerprint density at radius 1 is 0.966 bits per heavy atom. The zero-order valence-corrected chi connectivity index (χ0v) is 17.4. The van der Waals surface area contributed by atoms with Crippen molar-refractivity contribution in [2.24, 2.45) is 0 Å². The van der Waals surface area contributed by atoms with Gasteiger partial charge in [0.2, 0.25) is 0 Å². The number of para-hydroxylation sites is 1. The first kappa shape index (κ1) is 19.8. The van der Waals surface area contributed by atoms with E-state index in [0.29, 0.717) is 17.8 Å². The third kappa shape index (κ3) is 3.96. The van der Waals surface area contributed by atoms with Crippen LogP contribution in [-0.4, -0.2) is 20.9 Å². The van der Waals surface area contributed by atoms with Crippen molar-refractivity contribution >= 4 is 50.5 Å². The molecule has 1 N–H and O–H groups in total. The van der Waals surface area contributed by atoms with Crippen molar-refractivity contribution in [1.82, 2.24) is 0 Å². The number of benzene rings is 3. The second-order valence-corrected chi connectivity index (χ2v) is 9.09. The second-order valence-electron chi connectivity index (χ2n) is 6.59. The maximum atomic E-state index is 12.9. The van der Waals surface area contributed by atoms with Crippen LogP contribution in [0.25, 0.3) is 0 Å². The summed E-state index contributed by atoms with van der Waals surface area (Å²) >= 11 is 11.9. The number of anilines is 2. The highest BCUT2D eigenvalue weighted by Gasteiger charge is 2.25. The van der Waals surface area contributed by atoms with Crippen LogP contribution in [0.1, 0.15) is 15.9 Å². The molecule has 8 heteroatoms. The third-order valence-electron chi connectivity index (χ3n) is 4.70. The largest absolute Gasteiger partial charge is 0.308 e. The van der Waals surface area contributed by atoms with E-state index in [1.54, 1.807) is 29.2 Å². The van der Waals surface area contributed by atoms with Gasteiger partial charge in [-0.1, -0.05) is 41.4 Å². The molecule has 4 rings (SSSR count). The van der Waals surface area contributed by atoms with E-state index < -0.39 is 10.0 Å². The number of amides is 1. The molecule has 1 amide bonds. The fourth-order valence-corrected chi connectivity index (χ4v) is 5.10. The first-order valence-corrected chi connectivity index (χ1v) is 11.1. The number of carbonyl (C=O) groups is 1. The topological polar surface area (TPSA) is 66.5 Å². The van der Waals surface area contributed by atoms with Gasteiger partial charge in [0.25, 0.3) is 15.9 Å². The Labute approximate surface area is 178 Å². The maximum absolute atomic E-state index is 12.9. The molecular weight excluding hydrogens is 431 g/mol. The molecule has 0 radical (unpaired) electrons. The van der Waals surface area contributed by atoms with Crippen LogP contribution in [0.15, 0.2) is 71.6 Å². The Bertz CT molecular complexity index is 1190. The summed E-state index contributed by atoms with van der Waals surface area (Å²) in [6, 6.07) is 18.3. The number of nitrogens with zero attached hydrogens (tertiary/aromatic N) is 1. The van der Waals surface area contributed by atoms with Gasteiger partial charge in [0, 0.05) is 28.5 Å². The van der Waals surface area contributed by atoms with Crippen LogP contribution in [-0.2, 0) is 16.4 Å². The minimum atomic E-state index is -3.92. The molecule has 29 heavy (non-hydrogen) atoms. The van der Waals surface area contributed by atoms with Crippen LogP contribution in [0, 0.1) is 0 Å². The predicted octanol–water partition coefficient (Wildman–Crippen LogP) is 5.00. The number of sulfonamides is 1. The number of carbonyl (C=O) groups excluding carboxylic acids is 1. The molecule has 0 aliphatic carbocycles. The lowest BCUT2D eigenvalue weighted by molar-refractivity contribution is 0.0989. The molecule has 1 aliphatic heterocycles. The van der Waals surface area contributed by atoms with Crippen molar-refractivity contribution in [3.05, 3.63) is 87.9 Å². The standard InChI is InChI=1S/C21H16Cl2N2O3S/c22-16-7-10-18(23)20(13-16)29(27,28)24-17-8-5-15(6-9-17)21(26)25-12-11-14-3-1-2-4-19(14)25/h1-10,13,24H,11-12H2. The summed E-state index contributed by atoms with van der Waals surface area (Å²) in [6.45, 7) is 0.625. The highest BCUT2D eigenvalue weighted by molar-refractivity contribution is 7.92. The molecule has 3 aromatic carbocycles. The van der Waals surface area contributed by atoms with Crippen molar-refractivity contribution in [1.29, 1.82) is 0 Å². The zero-order chi connectivity index (χ0) is 20.6. The lowest BCUT2D eigenvalue weighted by Gasteiger charge is -2.17. The molecule has 0 saturated carbocycles. The van der Waals surface area contributed by atoms with E-state index in [1.807, 2.05) is 24.3 Å². The smallest absolute Gasteiger partial charge is 0.263 e. The Balaban J connectivity index is 1.54. The normalized spacial score (nSPS) is 13.2. The van der Waals surface area contributed by atoms with Gasteiger partial charge < -0.3 is 4.90 Å². The number of fused-ring (bicyclic) bond motifs is 1. The number of hydrogen-bond donors (Lipinski definition) is 1. The average molecular weight is 447 g/mol. The molecule has 0 aromatic heterocycles. The van der Waals surface area contributed by atoms with Crippen LogP contribution in [0.3, 0.4) is 0 Å². The number of nitrogens with one attached hydrogen (secondary N) is 1. The van der Waals surface area contributed by atoms with E-state index in [1.165, 1.54) is 18.2 Å². The van der Waals surface area contributed by atoms with E-state index in [2.05, 4.69) is 4.72 Å². The number of rotatable bonds is 4. The minimum Gasteiger partial charge on any atom is -0.308 e. The van der Waals surface area contributed by atoms with Gasteiger partial charge in [-0.25, -0.2) is 8.42 Å². The Hall–Kier alpha value is -2.54. The highest BCUT2D eigenvalue weighted by Crippen LogP contribution is 2.30. The zero-order valence-electron chi connectivity index (χ0n) is 15.1. The van der Waals surface area contributed by atoms with Crippen LogP contribution in [0.2, 0.25) is 10.0 Å². The van der Waals surface area contributed by atoms with Crippen LogP contribution in [0.4, 0.5) is 11.4 Å². The summed E-state index contributed by atoms with van der Waals surface area (Å²) in [5.41, 5.74) is 2.85. The molecule has 0 spiro atoms. The fraction of sp³-hybridized carbons (Fsp3) is 0.0952. The number of hydrogen-bond acceptors (Lipinski definition) is 3. The Kier molecular flexibility index (Phi) is 5.25. The van der Waals surface area contributed by atoms with Crippen LogP contribution in [0.5, 0.6) is 0 Å². The van der Waals surface area contributed by atoms with E-state index in [9.17, 15) is 13.2 Å². The molecule has 0 atom stereocenters. The van der Waals surface area contributed by atoms with Gasteiger partial charge in [-0.3, -0.25) is 9.52 Å². The summed E-state index contributed by atoms with van der Waals surface area (Å²) < 4.78 is 27.7. The number of halogens is 2. The monoisotopic (exact) mass is 446 g/mol. The molecule has 148 valence electrons. The minimum absolute atomic E-state index is 0.0707. The van der Waals surface area contributed by atoms with Gasteiger partial charge in [0.05, 0.1) is 5.02 Å². The maximum Gasteiger partial charge on any atom is 0.263 e. The molecule has 0 fully saturated rings. The molecule has 1 aliphatic rings. The van der Waals surface area contributed by atoms with Crippen molar-refractivity contribution < 1.29 is 13.2 Å². The van der Waals surface area contributed by atoms with Gasteiger partial charge in [-0.15, -0.1) is 0 Å². The van der Waals surface area contributed by atoms with Crippen molar-refractivity contribution in [3.63, 3.8) is 0 Å². The molecule has 1 heterocycles. The Morgan fingerprint density at radius 2 is 1.69 bits per heavy atom. The fourth-order valence-electron chi connectivity index (χ4n) is 3.28. The first-order valence-electron chi connectivity index (χ1n) is 8.83. The van der Waals surface area contributed by atoms with Crippen molar-refractivity contribution in [2.75, 3.05) is 16.2 Å². The Morgan fingerprint density at radius 3 is 2.45 bits per heavy atom. The molecule has 0 saturated heterocycles. The summed E-state index contributed by atoms with van der Waals surface area (Å²) in [7, 11) is -3.92. The van der Waals surface area contributed by atoms with E-state index in [-0.39, 0.29) is 20.8 Å². The van der Waals surface area contributed by atoms with E-state index in [4.69, 9.17) is 23.2 Å². The summed E-state index contributed by atoms with van der Waals surface area (Å²) in [4.78, 5) is 14.5. The lowest BCUT2D eigenvalue weighted by atomic mass is 10.1. The summed E-state index contributed by atoms with van der Waals surface area (Å²) in [5.74, 6) is -0.123. The van der Waals surface area contributed by atoms with Crippen molar-refractivity contribution in [3.8, 4) is 0 Å². The summed E-state index contributed by atoms with van der Waals surface area (Å²) in [6.07, 6.45) is 0.820. The lowest BCUT2D eigenvalue weighted by Crippen LogP contribution is -2.28. The van der Waals surface area contributed by atoms with Gasteiger partial charge in [0.15, 0.2) is 0 Å².